The number of carbonyl (C=O) groups is 1. The highest BCUT2D eigenvalue weighted by molar-refractivity contribution is 5.99. The van der Waals surface area contributed by atoms with Gasteiger partial charge in [0.25, 0.3) is 0 Å². The van der Waals surface area contributed by atoms with E-state index in [0.717, 1.165) is 12.1 Å². The lowest BCUT2D eigenvalue weighted by atomic mass is 10.2. The SMILES string of the molecule is O=C(Nc1cnc(-n2ccnc2)nc1)Nc1cccc(C(F)(F)F)c1. The number of carbonyl (C=O) groups excluding carboxylic acids is 1. The van der Waals surface area contributed by atoms with Crippen molar-refractivity contribution >= 4 is 17.4 Å². The van der Waals surface area contributed by atoms with E-state index in [1.165, 1.54) is 30.9 Å². The zero-order valence-electron chi connectivity index (χ0n) is 12.5. The highest BCUT2D eigenvalue weighted by Gasteiger charge is 2.30. The van der Waals surface area contributed by atoms with Gasteiger partial charge in [0.05, 0.1) is 23.6 Å². The van der Waals surface area contributed by atoms with E-state index in [1.54, 1.807) is 17.0 Å². The number of alkyl halides is 3. The third-order valence-electron chi connectivity index (χ3n) is 3.08. The van der Waals surface area contributed by atoms with E-state index in [2.05, 4.69) is 25.6 Å². The van der Waals surface area contributed by atoms with Crippen LogP contribution in [0.2, 0.25) is 0 Å². The van der Waals surface area contributed by atoms with E-state index in [1.807, 2.05) is 0 Å². The van der Waals surface area contributed by atoms with Gasteiger partial charge in [-0.1, -0.05) is 6.07 Å². The van der Waals surface area contributed by atoms with Crippen LogP contribution in [0.4, 0.5) is 29.3 Å². The number of nitrogens with one attached hydrogen (secondary N) is 2. The summed E-state index contributed by atoms with van der Waals surface area (Å²) in [4.78, 5) is 23.8. The van der Waals surface area contributed by atoms with Crippen LogP contribution in [-0.2, 0) is 6.18 Å². The van der Waals surface area contributed by atoms with Crippen molar-refractivity contribution in [2.75, 3.05) is 10.6 Å². The summed E-state index contributed by atoms with van der Waals surface area (Å²) in [5, 5.41) is 4.76. The van der Waals surface area contributed by atoms with E-state index in [4.69, 9.17) is 0 Å². The highest BCUT2D eigenvalue weighted by atomic mass is 19.4. The number of imidazole rings is 1. The summed E-state index contributed by atoms with van der Waals surface area (Å²) >= 11 is 0. The van der Waals surface area contributed by atoms with Crippen molar-refractivity contribution < 1.29 is 18.0 Å². The number of anilines is 2. The Balaban J connectivity index is 1.65. The summed E-state index contributed by atoms with van der Waals surface area (Å²) in [5.74, 6) is 0.362. The number of rotatable bonds is 3. The lowest BCUT2D eigenvalue weighted by molar-refractivity contribution is -0.137. The van der Waals surface area contributed by atoms with Gasteiger partial charge in [-0.05, 0) is 18.2 Å². The molecule has 0 unspecified atom stereocenters. The first-order chi connectivity index (χ1) is 11.9. The second-order valence-corrected chi connectivity index (χ2v) is 4.90. The van der Waals surface area contributed by atoms with Gasteiger partial charge in [0, 0.05) is 18.1 Å². The largest absolute Gasteiger partial charge is 0.416 e. The smallest absolute Gasteiger partial charge is 0.308 e. The molecule has 2 N–H and O–H groups in total. The average Bonchev–Trinajstić information content (AvgIpc) is 3.09. The standard InChI is InChI=1S/C15H11F3N6O/c16-15(17,18)10-2-1-3-11(6-10)22-14(25)23-12-7-20-13(21-8-12)24-5-4-19-9-24/h1-9H,(H2,22,23,25). The van der Waals surface area contributed by atoms with Crippen LogP contribution < -0.4 is 10.6 Å². The molecule has 0 atom stereocenters. The first kappa shape index (κ1) is 16.4. The molecule has 7 nitrogen and oxygen atoms in total. The fourth-order valence-corrected chi connectivity index (χ4v) is 1.96. The van der Waals surface area contributed by atoms with Crippen LogP contribution in [0, 0.1) is 0 Å². The van der Waals surface area contributed by atoms with Gasteiger partial charge in [-0.2, -0.15) is 13.2 Å². The predicted molar refractivity (Wildman–Crippen MR) is 83.2 cm³/mol. The molecule has 3 rings (SSSR count). The van der Waals surface area contributed by atoms with E-state index in [9.17, 15) is 18.0 Å². The summed E-state index contributed by atoms with van der Waals surface area (Å²) in [5.41, 5.74) is -0.546. The lowest BCUT2D eigenvalue weighted by Crippen LogP contribution is -2.20. The Bertz CT molecular complexity index is 862. The molecule has 0 aliphatic rings. The van der Waals surface area contributed by atoms with Crippen LogP contribution in [0.1, 0.15) is 5.56 Å². The fourth-order valence-electron chi connectivity index (χ4n) is 1.96. The molecule has 0 aliphatic carbocycles. The molecular formula is C15H11F3N6O. The van der Waals surface area contributed by atoms with Crippen LogP contribution in [-0.4, -0.2) is 25.6 Å². The summed E-state index contributed by atoms with van der Waals surface area (Å²) in [7, 11) is 0. The van der Waals surface area contributed by atoms with Crippen molar-refractivity contribution in [3.05, 3.63) is 60.9 Å². The average molecular weight is 348 g/mol. The van der Waals surface area contributed by atoms with E-state index >= 15 is 0 Å². The number of benzene rings is 1. The summed E-state index contributed by atoms with van der Waals surface area (Å²) in [6.45, 7) is 0. The molecule has 1 aromatic carbocycles. The van der Waals surface area contributed by atoms with E-state index in [0.29, 0.717) is 5.95 Å². The van der Waals surface area contributed by atoms with Gasteiger partial charge in [0.2, 0.25) is 5.95 Å². The second kappa shape index (κ2) is 6.59. The Morgan fingerprint density at radius 2 is 1.80 bits per heavy atom. The summed E-state index contributed by atoms with van der Waals surface area (Å²) < 4.78 is 39.5. The van der Waals surface area contributed by atoms with Crippen molar-refractivity contribution in [3.63, 3.8) is 0 Å². The quantitative estimate of drug-likeness (QED) is 0.760. The second-order valence-electron chi connectivity index (χ2n) is 4.90. The van der Waals surface area contributed by atoms with Crippen LogP contribution in [0.3, 0.4) is 0 Å². The molecule has 0 radical (unpaired) electrons. The van der Waals surface area contributed by atoms with Crippen molar-refractivity contribution in [3.8, 4) is 5.95 Å². The number of aromatic nitrogens is 4. The molecule has 10 heteroatoms. The molecule has 0 fully saturated rings. The number of nitrogens with zero attached hydrogens (tertiary/aromatic N) is 4. The molecule has 3 aromatic rings. The number of urea groups is 1. The Hall–Kier alpha value is -3.43. The van der Waals surface area contributed by atoms with Gasteiger partial charge in [-0.15, -0.1) is 0 Å². The Morgan fingerprint density at radius 3 is 2.44 bits per heavy atom. The van der Waals surface area contributed by atoms with E-state index < -0.39 is 17.8 Å². The predicted octanol–water partition coefficient (Wildman–Crippen LogP) is 3.33. The van der Waals surface area contributed by atoms with Crippen molar-refractivity contribution in [2.45, 2.75) is 6.18 Å². The van der Waals surface area contributed by atoms with Gasteiger partial charge >= 0.3 is 12.2 Å². The third-order valence-corrected chi connectivity index (χ3v) is 3.08. The van der Waals surface area contributed by atoms with Crippen LogP contribution in [0.25, 0.3) is 5.95 Å². The number of amides is 2. The summed E-state index contributed by atoms with van der Waals surface area (Å²) in [6, 6.07) is 3.62. The number of hydrogen-bond acceptors (Lipinski definition) is 4. The fraction of sp³-hybridized carbons (Fsp3) is 0.0667. The molecule has 2 aromatic heterocycles. The molecule has 0 bridgehead atoms. The first-order valence-electron chi connectivity index (χ1n) is 6.97. The normalized spacial score (nSPS) is 11.2. The monoisotopic (exact) mass is 348 g/mol. The minimum Gasteiger partial charge on any atom is -0.308 e. The zero-order chi connectivity index (χ0) is 17.9. The number of halogens is 3. The molecule has 128 valence electrons. The van der Waals surface area contributed by atoms with Gasteiger partial charge in [0.1, 0.15) is 6.33 Å². The van der Waals surface area contributed by atoms with Gasteiger partial charge < -0.3 is 10.6 Å². The third kappa shape index (κ3) is 4.10. The minimum atomic E-state index is -4.48. The maximum absolute atomic E-state index is 12.7. The molecule has 0 saturated carbocycles. The highest BCUT2D eigenvalue weighted by Crippen LogP contribution is 2.30. The molecule has 0 aliphatic heterocycles. The molecule has 0 spiro atoms. The zero-order valence-corrected chi connectivity index (χ0v) is 12.5. The Labute approximate surface area is 139 Å². The topological polar surface area (TPSA) is 84.7 Å². The Kier molecular flexibility index (Phi) is 4.33. The van der Waals surface area contributed by atoms with Crippen molar-refractivity contribution in [2.24, 2.45) is 0 Å². The van der Waals surface area contributed by atoms with Crippen molar-refractivity contribution in [1.82, 2.24) is 19.5 Å². The van der Waals surface area contributed by atoms with Gasteiger partial charge in [0.15, 0.2) is 0 Å². The van der Waals surface area contributed by atoms with E-state index in [-0.39, 0.29) is 11.4 Å². The number of hydrogen-bond donors (Lipinski definition) is 2. The molecular weight excluding hydrogens is 337 g/mol. The maximum atomic E-state index is 12.7. The molecule has 0 saturated heterocycles. The molecule has 2 amide bonds. The maximum Gasteiger partial charge on any atom is 0.416 e. The van der Waals surface area contributed by atoms with Crippen LogP contribution in [0.15, 0.2) is 55.4 Å². The first-order valence-corrected chi connectivity index (χ1v) is 6.97. The lowest BCUT2D eigenvalue weighted by Gasteiger charge is -2.10. The Morgan fingerprint density at radius 1 is 1.08 bits per heavy atom. The molecule has 2 heterocycles. The van der Waals surface area contributed by atoms with Crippen LogP contribution >= 0.6 is 0 Å². The summed E-state index contributed by atoms with van der Waals surface area (Å²) in [6.07, 6.45) is 3.00. The molecule has 25 heavy (non-hydrogen) atoms. The van der Waals surface area contributed by atoms with Crippen LogP contribution in [0.5, 0.6) is 0 Å². The van der Waals surface area contributed by atoms with Gasteiger partial charge in [-0.3, -0.25) is 4.57 Å². The van der Waals surface area contributed by atoms with Gasteiger partial charge in [-0.25, -0.2) is 19.7 Å². The minimum absolute atomic E-state index is 0.0169. The van der Waals surface area contributed by atoms with Crippen molar-refractivity contribution in [1.29, 1.82) is 0 Å².